The Morgan fingerprint density at radius 1 is 1.10 bits per heavy atom. The van der Waals surface area contributed by atoms with E-state index in [1.54, 1.807) is 36.4 Å². The molecule has 20 heavy (non-hydrogen) atoms. The summed E-state index contributed by atoms with van der Waals surface area (Å²) >= 11 is 0. The van der Waals surface area contributed by atoms with E-state index in [2.05, 4.69) is 10.3 Å². The second-order valence-corrected chi connectivity index (χ2v) is 4.22. The summed E-state index contributed by atoms with van der Waals surface area (Å²) in [4.78, 5) is 26.3. The Morgan fingerprint density at radius 3 is 2.45 bits per heavy atom. The van der Waals surface area contributed by atoms with Crippen LogP contribution in [0.15, 0.2) is 42.6 Å². The molecule has 5 nitrogen and oxygen atoms in total. The lowest BCUT2D eigenvalue weighted by Gasteiger charge is -2.10. The highest BCUT2D eigenvalue weighted by atomic mass is 16.5. The lowest BCUT2D eigenvalue weighted by atomic mass is 10.2. The smallest absolute Gasteiger partial charge is 0.221 e. The van der Waals surface area contributed by atoms with Gasteiger partial charge in [0, 0.05) is 24.8 Å². The van der Waals surface area contributed by atoms with Gasteiger partial charge in [-0.15, -0.1) is 0 Å². The quantitative estimate of drug-likeness (QED) is 0.867. The van der Waals surface area contributed by atoms with E-state index in [9.17, 15) is 9.59 Å². The average molecular weight is 270 g/mol. The molecule has 0 bridgehead atoms. The molecule has 5 heteroatoms. The minimum atomic E-state index is -0.180. The number of carbonyl (C=O) groups is 2. The molecular weight excluding hydrogens is 256 g/mol. The fourth-order valence-corrected chi connectivity index (χ4v) is 1.61. The Labute approximate surface area is 116 Å². The van der Waals surface area contributed by atoms with Crippen LogP contribution in [-0.4, -0.2) is 16.7 Å². The van der Waals surface area contributed by atoms with Crippen LogP contribution in [0.3, 0.4) is 0 Å². The molecule has 0 spiro atoms. The number of anilines is 1. The number of aromatic nitrogens is 1. The van der Waals surface area contributed by atoms with Gasteiger partial charge >= 0.3 is 0 Å². The molecule has 2 rings (SSSR count). The number of amides is 1. The molecule has 0 aliphatic rings. The number of nitrogens with one attached hydrogen (secondary N) is 1. The number of para-hydroxylation sites is 2. The van der Waals surface area contributed by atoms with E-state index in [4.69, 9.17) is 4.74 Å². The van der Waals surface area contributed by atoms with Gasteiger partial charge in [0.2, 0.25) is 11.8 Å². The van der Waals surface area contributed by atoms with Gasteiger partial charge in [-0.2, -0.15) is 0 Å². The number of carbonyl (C=O) groups excluding carboxylic acids is 2. The lowest BCUT2D eigenvalue weighted by Crippen LogP contribution is -2.06. The fraction of sp³-hybridized carbons (Fsp3) is 0.133. The van der Waals surface area contributed by atoms with Crippen molar-refractivity contribution in [3.63, 3.8) is 0 Å². The molecule has 0 atom stereocenters. The molecule has 1 heterocycles. The number of nitrogens with zero attached hydrogens (tertiary/aromatic N) is 1. The monoisotopic (exact) mass is 270 g/mol. The molecule has 1 aromatic heterocycles. The molecular formula is C15H14N2O3. The van der Waals surface area contributed by atoms with Crippen molar-refractivity contribution in [3.8, 4) is 11.6 Å². The lowest BCUT2D eigenvalue weighted by molar-refractivity contribution is -0.114. The standard InChI is InChI=1S/C15H14N2O3/c1-10(18)12-7-8-15(16-9-12)20-14-6-4-3-5-13(14)17-11(2)19/h3-9H,1-2H3,(H,17,19). The van der Waals surface area contributed by atoms with E-state index < -0.39 is 0 Å². The number of hydrogen-bond acceptors (Lipinski definition) is 4. The molecule has 0 unspecified atom stereocenters. The largest absolute Gasteiger partial charge is 0.437 e. The van der Waals surface area contributed by atoms with Crippen molar-refractivity contribution in [3.05, 3.63) is 48.2 Å². The van der Waals surface area contributed by atoms with Crippen LogP contribution in [0.25, 0.3) is 0 Å². The van der Waals surface area contributed by atoms with Crippen LogP contribution in [0, 0.1) is 0 Å². The van der Waals surface area contributed by atoms with Gasteiger partial charge in [-0.1, -0.05) is 12.1 Å². The van der Waals surface area contributed by atoms with E-state index in [1.165, 1.54) is 20.0 Å². The van der Waals surface area contributed by atoms with Crippen LogP contribution >= 0.6 is 0 Å². The first-order valence-electron chi connectivity index (χ1n) is 6.08. The topological polar surface area (TPSA) is 68.3 Å². The molecule has 0 fully saturated rings. The highest BCUT2D eigenvalue weighted by molar-refractivity contribution is 5.93. The maximum Gasteiger partial charge on any atom is 0.221 e. The third-order valence-electron chi connectivity index (χ3n) is 2.56. The zero-order chi connectivity index (χ0) is 14.5. The van der Waals surface area contributed by atoms with Gasteiger partial charge in [0.15, 0.2) is 11.5 Å². The second kappa shape index (κ2) is 5.97. The first kappa shape index (κ1) is 13.7. The van der Waals surface area contributed by atoms with Crippen LogP contribution in [0.5, 0.6) is 11.6 Å². The molecule has 102 valence electrons. The van der Waals surface area contributed by atoms with E-state index >= 15 is 0 Å². The number of rotatable bonds is 4. The van der Waals surface area contributed by atoms with Gasteiger partial charge in [0.05, 0.1) is 5.69 Å². The molecule has 2 aromatic rings. The molecule has 0 radical (unpaired) electrons. The number of ether oxygens (including phenoxy) is 1. The second-order valence-electron chi connectivity index (χ2n) is 4.22. The normalized spacial score (nSPS) is 9.90. The van der Waals surface area contributed by atoms with Crippen LogP contribution < -0.4 is 10.1 Å². The number of benzene rings is 1. The molecule has 0 saturated carbocycles. The molecule has 0 aliphatic heterocycles. The van der Waals surface area contributed by atoms with Gasteiger partial charge in [0.1, 0.15) is 0 Å². The number of hydrogen-bond donors (Lipinski definition) is 1. The Bertz CT molecular complexity index is 636. The Balaban J connectivity index is 2.21. The highest BCUT2D eigenvalue weighted by Crippen LogP contribution is 2.28. The minimum absolute atomic E-state index is 0.0531. The maximum atomic E-state index is 11.2. The third-order valence-corrected chi connectivity index (χ3v) is 2.56. The minimum Gasteiger partial charge on any atom is -0.437 e. The van der Waals surface area contributed by atoms with Crippen LogP contribution in [-0.2, 0) is 4.79 Å². The van der Waals surface area contributed by atoms with Gasteiger partial charge in [-0.05, 0) is 25.1 Å². The van der Waals surface area contributed by atoms with Crippen LogP contribution in [0.2, 0.25) is 0 Å². The van der Waals surface area contributed by atoms with E-state index in [-0.39, 0.29) is 11.7 Å². The predicted octanol–water partition coefficient (Wildman–Crippen LogP) is 3.03. The molecule has 1 aromatic carbocycles. The van der Waals surface area contributed by atoms with Crippen molar-refractivity contribution in [1.29, 1.82) is 0 Å². The maximum absolute atomic E-state index is 11.2. The van der Waals surface area contributed by atoms with Crippen molar-refractivity contribution in [2.24, 2.45) is 0 Å². The predicted molar refractivity (Wildman–Crippen MR) is 75.1 cm³/mol. The summed E-state index contributed by atoms with van der Waals surface area (Å²) < 4.78 is 5.61. The molecule has 1 amide bonds. The van der Waals surface area contributed by atoms with Crippen molar-refractivity contribution in [2.75, 3.05) is 5.32 Å². The van der Waals surface area contributed by atoms with Gasteiger partial charge in [-0.25, -0.2) is 4.98 Å². The van der Waals surface area contributed by atoms with Crippen molar-refractivity contribution in [2.45, 2.75) is 13.8 Å². The first-order chi connectivity index (χ1) is 9.56. The van der Waals surface area contributed by atoms with Crippen LogP contribution in [0.4, 0.5) is 5.69 Å². The molecule has 0 saturated heterocycles. The highest BCUT2D eigenvalue weighted by Gasteiger charge is 2.07. The van der Waals surface area contributed by atoms with E-state index in [1.807, 2.05) is 0 Å². The third kappa shape index (κ3) is 3.41. The summed E-state index contributed by atoms with van der Waals surface area (Å²) in [5.74, 6) is 0.613. The summed E-state index contributed by atoms with van der Waals surface area (Å²) in [6, 6.07) is 10.3. The molecule has 0 aliphatic carbocycles. The summed E-state index contributed by atoms with van der Waals surface area (Å²) in [5.41, 5.74) is 1.09. The van der Waals surface area contributed by atoms with E-state index in [0.717, 1.165) is 0 Å². The Hall–Kier alpha value is -2.69. The number of ketones is 1. The Kier molecular flexibility index (Phi) is 4.10. The number of pyridine rings is 1. The summed E-state index contributed by atoms with van der Waals surface area (Å²) in [5, 5.41) is 2.68. The van der Waals surface area contributed by atoms with E-state index in [0.29, 0.717) is 22.9 Å². The van der Waals surface area contributed by atoms with Crippen molar-refractivity contribution >= 4 is 17.4 Å². The summed E-state index contributed by atoms with van der Waals surface area (Å²) in [6.45, 7) is 2.90. The van der Waals surface area contributed by atoms with Gasteiger partial charge < -0.3 is 10.1 Å². The Morgan fingerprint density at radius 2 is 1.85 bits per heavy atom. The zero-order valence-corrected chi connectivity index (χ0v) is 11.2. The SMILES string of the molecule is CC(=O)Nc1ccccc1Oc1ccc(C(C)=O)cn1. The van der Waals surface area contributed by atoms with Gasteiger partial charge in [0.25, 0.3) is 0 Å². The van der Waals surface area contributed by atoms with Crippen molar-refractivity contribution < 1.29 is 14.3 Å². The summed E-state index contributed by atoms with van der Waals surface area (Å²) in [7, 11) is 0. The van der Waals surface area contributed by atoms with Crippen LogP contribution in [0.1, 0.15) is 24.2 Å². The van der Waals surface area contributed by atoms with Crippen molar-refractivity contribution in [1.82, 2.24) is 4.98 Å². The van der Waals surface area contributed by atoms with Gasteiger partial charge in [-0.3, -0.25) is 9.59 Å². The number of Topliss-reactive ketones (excluding diaryl/α,β-unsaturated/α-hetero) is 1. The molecule has 1 N–H and O–H groups in total. The first-order valence-corrected chi connectivity index (χ1v) is 6.08. The summed E-state index contributed by atoms with van der Waals surface area (Å²) in [6.07, 6.45) is 1.46. The average Bonchev–Trinajstić information content (AvgIpc) is 2.41. The fourth-order valence-electron chi connectivity index (χ4n) is 1.61. The zero-order valence-electron chi connectivity index (χ0n) is 11.2.